The molecule has 74 valence electrons. The lowest BCUT2D eigenvalue weighted by Crippen LogP contribution is -2.18. The largest absolute Gasteiger partial charge is 0.396 e. The van der Waals surface area contributed by atoms with Crippen LogP contribution >= 0.6 is 11.8 Å². The third-order valence-electron chi connectivity index (χ3n) is 1.47. The Morgan fingerprint density at radius 1 is 1.50 bits per heavy atom. The minimum atomic E-state index is -0.388. The van der Waals surface area contributed by atoms with Crippen LogP contribution in [0.4, 0.5) is 0 Å². The lowest BCUT2D eigenvalue weighted by Gasteiger charge is -2.12. The molecule has 0 saturated carbocycles. The van der Waals surface area contributed by atoms with Crippen LogP contribution in [0.1, 0.15) is 13.3 Å². The van der Waals surface area contributed by atoms with Crippen molar-refractivity contribution >= 4 is 11.8 Å². The lowest BCUT2D eigenvalue weighted by molar-refractivity contribution is 0.0793. The van der Waals surface area contributed by atoms with E-state index in [4.69, 9.17) is 9.84 Å². The Bertz CT molecular complexity index is 88.3. The zero-order valence-corrected chi connectivity index (χ0v) is 8.51. The fourth-order valence-corrected chi connectivity index (χ4v) is 1.70. The van der Waals surface area contributed by atoms with Crippen LogP contribution in [-0.2, 0) is 4.74 Å². The second kappa shape index (κ2) is 7.86. The molecule has 2 unspecified atom stereocenters. The summed E-state index contributed by atoms with van der Waals surface area (Å²) in [6.07, 6.45) is 0.394. The van der Waals surface area contributed by atoms with E-state index >= 15 is 0 Å². The van der Waals surface area contributed by atoms with Crippen molar-refractivity contribution in [1.82, 2.24) is 0 Å². The first-order chi connectivity index (χ1) is 5.70. The van der Waals surface area contributed by atoms with Crippen LogP contribution in [0.2, 0.25) is 0 Å². The SMILES string of the molecule is COCC(O)CSC(C)CCO. The van der Waals surface area contributed by atoms with Crippen LogP contribution in [0.3, 0.4) is 0 Å². The quantitative estimate of drug-likeness (QED) is 0.619. The second-order valence-corrected chi connectivity index (χ2v) is 4.24. The molecule has 4 heteroatoms. The standard InChI is InChI=1S/C8H18O3S/c1-7(3-4-9)12-6-8(10)5-11-2/h7-10H,3-6H2,1-2H3. The van der Waals surface area contributed by atoms with Crippen molar-refractivity contribution in [3.8, 4) is 0 Å². The van der Waals surface area contributed by atoms with Gasteiger partial charge in [0, 0.05) is 24.7 Å². The van der Waals surface area contributed by atoms with Crippen molar-refractivity contribution in [2.75, 3.05) is 26.1 Å². The highest BCUT2D eigenvalue weighted by Crippen LogP contribution is 2.14. The predicted molar refractivity (Wildman–Crippen MR) is 51.5 cm³/mol. The molecular weight excluding hydrogens is 176 g/mol. The summed E-state index contributed by atoms with van der Waals surface area (Å²) < 4.78 is 4.78. The number of methoxy groups -OCH3 is 1. The molecule has 2 N–H and O–H groups in total. The molecule has 0 fully saturated rings. The Morgan fingerprint density at radius 2 is 2.17 bits per heavy atom. The second-order valence-electron chi connectivity index (χ2n) is 2.77. The molecule has 0 aliphatic carbocycles. The first-order valence-corrected chi connectivity index (χ1v) is 5.15. The molecule has 0 aromatic rings. The molecule has 12 heavy (non-hydrogen) atoms. The molecule has 0 aliphatic heterocycles. The van der Waals surface area contributed by atoms with Gasteiger partial charge in [0.25, 0.3) is 0 Å². The molecule has 0 radical (unpaired) electrons. The Labute approximate surface area is 78.1 Å². The van der Waals surface area contributed by atoms with Gasteiger partial charge in [0.15, 0.2) is 0 Å². The van der Waals surface area contributed by atoms with Crippen LogP contribution in [-0.4, -0.2) is 47.6 Å². The number of rotatable bonds is 7. The number of aliphatic hydroxyl groups is 2. The van der Waals surface area contributed by atoms with E-state index < -0.39 is 0 Å². The van der Waals surface area contributed by atoms with Gasteiger partial charge in [0.2, 0.25) is 0 Å². The number of hydrogen-bond acceptors (Lipinski definition) is 4. The monoisotopic (exact) mass is 194 g/mol. The summed E-state index contributed by atoms with van der Waals surface area (Å²) in [7, 11) is 1.57. The van der Waals surface area contributed by atoms with Crippen molar-refractivity contribution in [2.24, 2.45) is 0 Å². The molecule has 0 saturated heterocycles. The number of ether oxygens (including phenoxy) is 1. The summed E-state index contributed by atoms with van der Waals surface area (Å²) in [6, 6.07) is 0. The van der Waals surface area contributed by atoms with Gasteiger partial charge in [-0.1, -0.05) is 6.92 Å². The topological polar surface area (TPSA) is 49.7 Å². The van der Waals surface area contributed by atoms with Gasteiger partial charge in [-0.25, -0.2) is 0 Å². The maximum Gasteiger partial charge on any atom is 0.0863 e. The van der Waals surface area contributed by atoms with E-state index in [1.807, 2.05) is 6.92 Å². The summed E-state index contributed by atoms with van der Waals surface area (Å²) in [4.78, 5) is 0. The molecule has 0 aliphatic rings. The first-order valence-electron chi connectivity index (χ1n) is 4.10. The third-order valence-corrected chi connectivity index (χ3v) is 2.85. The minimum Gasteiger partial charge on any atom is -0.396 e. The maximum atomic E-state index is 9.26. The summed E-state index contributed by atoms with van der Waals surface area (Å²) in [5.74, 6) is 0.676. The van der Waals surface area contributed by atoms with E-state index in [9.17, 15) is 5.11 Å². The van der Waals surface area contributed by atoms with E-state index in [0.29, 0.717) is 17.6 Å². The highest BCUT2D eigenvalue weighted by molar-refractivity contribution is 7.99. The van der Waals surface area contributed by atoms with Crippen molar-refractivity contribution in [3.63, 3.8) is 0 Å². The zero-order chi connectivity index (χ0) is 9.40. The van der Waals surface area contributed by atoms with Gasteiger partial charge in [-0.3, -0.25) is 0 Å². The van der Waals surface area contributed by atoms with Crippen LogP contribution in [0.25, 0.3) is 0 Å². The van der Waals surface area contributed by atoms with E-state index in [1.54, 1.807) is 18.9 Å². The minimum absolute atomic E-state index is 0.217. The molecule has 0 aromatic carbocycles. The lowest BCUT2D eigenvalue weighted by atomic mass is 10.3. The molecule has 0 rings (SSSR count). The van der Waals surface area contributed by atoms with Gasteiger partial charge in [-0.2, -0.15) is 11.8 Å². The van der Waals surface area contributed by atoms with Gasteiger partial charge >= 0.3 is 0 Å². The van der Waals surface area contributed by atoms with Crippen LogP contribution in [0.15, 0.2) is 0 Å². The van der Waals surface area contributed by atoms with Crippen molar-refractivity contribution in [3.05, 3.63) is 0 Å². The smallest absolute Gasteiger partial charge is 0.0863 e. The average molecular weight is 194 g/mol. The van der Waals surface area contributed by atoms with E-state index in [2.05, 4.69) is 0 Å². The van der Waals surface area contributed by atoms with Crippen molar-refractivity contribution in [1.29, 1.82) is 0 Å². The van der Waals surface area contributed by atoms with Crippen LogP contribution < -0.4 is 0 Å². The Balaban J connectivity index is 3.27. The molecule has 0 spiro atoms. The van der Waals surface area contributed by atoms with Gasteiger partial charge < -0.3 is 14.9 Å². The average Bonchev–Trinajstić information content (AvgIpc) is 2.02. The molecular formula is C8H18O3S. The Morgan fingerprint density at radius 3 is 2.67 bits per heavy atom. The number of aliphatic hydroxyl groups excluding tert-OH is 2. The normalized spacial score (nSPS) is 16.0. The molecule has 2 atom stereocenters. The molecule has 0 bridgehead atoms. The van der Waals surface area contributed by atoms with Gasteiger partial charge in [0.05, 0.1) is 12.7 Å². The summed E-state index contributed by atoms with van der Waals surface area (Å²) in [5.41, 5.74) is 0. The first kappa shape index (κ1) is 12.2. The zero-order valence-electron chi connectivity index (χ0n) is 7.69. The summed E-state index contributed by atoms with van der Waals surface area (Å²) in [5, 5.41) is 18.3. The van der Waals surface area contributed by atoms with Crippen molar-refractivity contribution < 1.29 is 14.9 Å². The van der Waals surface area contributed by atoms with E-state index in [0.717, 1.165) is 6.42 Å². The third kappa shape index (κ3) is 6.91. The Kier molecular flexibility index (Phi) is 8.01. The van der Waals surface area contributed by atoms with E-state index in [-0.39, 0.29) is 12.7 Å². The fourth-order valence-electron chi connectivity index (χ4n) is 0.781. The fraction of sp³-hybridized carbons (Fsp3) is 1.00. The summed E-state index contributed by atoms with van der Waals surface area (Å²) >= 11 is 1.66. The highest BCUT2D eigenvalue weighted by atomic mass is 32.2. The van der Waals surface area contributed by atoms with Crippen LogP contribution in [0.5, 0.6) is 0 Å². The number of hydrogen-bond donors (Lipinski definition) is 2. The summed E-state index contributed by atoms with van der Waals surface area (Å²) in [6.45, 7) is 2.65. The molecule has 3 nitrogen and oxygen atoms in total. The molecule has 0 heterocycles. The number of thioether (sulfide) groups is 1. The van der Waals surface area contributed by atoms with E-state index in [1.165, 1.54) is 0 Å². The molecule has 0 aromatic heterocycles. The van der Waals surface area contributed by atoms with Gasteiger partial charge in [0.1, 0.15) is 0 Å². The van der Waals surface area contributed by atoms with Gasteiger partial charge in [-0.05, 0) is 6.42 Å². The predicted octanol–water partition coefficient (Wildman–Crippen LogP) is 0.498. The molecule has 0 amide bonds. The van der Waals surface area contributed by atoms with Crippen LogP contribution in [0, 0.1) is 0 Å². The van der Waals surface area contributed by atoms with Gasteiger partial charge in [-0.15, -0.1) is 0 Å². The highest BCUT2D eigenvalue weighted by Gasteiger charge is 2.07. The van der Waals surface area contributed by atoms with Crippen molar-refractivity contribution in [2.45, 2.75) is 24.7 Å². The maximum absolute atomic E-state index is 9.26. The Hall–Kier alpha value is 0.230.